The highest BCUT2D eigenvalue weighted by Gasteiger charge is 2.35. The third kappa shape index (κ3) is 1.56. The average Bonchev–Trinajstić information content (AvgIpc) is 2.38. The van der Waals surface area contributed by atoms with Crippen molar-refractivity contribution >= 4 is 8.46 Å². The average molecular weight is 160 g/mol. The smallest absolute Gasteiger partial charge is 0.258 e. The second-order valence-corrected chi connectivity index (χ2v) is 4.78. The molecule has 1 rings (SSSR count). The molecule has 1 aliphatic heterocycles. The second-order valence-electron chi connectivity index (χ2n) is 3.36. The van der Waals surface area contributed by atoms with E-state index in [4.69, 9.17) is 0 Å². The summed E-state index contributed by atoms with van der Waals surface area (Å²) >= 11 is 0. The molecule has 0 aromatic rings. The van der Waals surface area contributed by atoms with Gasteiger partial charge in [0.05, 0.1) is 0 Å². The van der Waals surface area contributed by atoms with Gasteiger partial charge in [-0.15, -0.1) is 0 Å². The standard InChI is InChI=1S/C7H14NOP/c1-7(2,10-9)8-5-3-4-6-8/h3-6H2,1-2H3/p+1. The minimum absolute atomic E-state index is 0.0729. The highest BCUT2D eigenvalue weighted by Crippen LogP contribution is 2.29. The Hall–Kier alpha value is 0.0600. The molecular formula is C7H15NOP+. The number of hydrogen-bond donors (Lipinski definition) is 0. The van der Waals surface area contributed by atoms with Gasteiger partial charge in [-0.05, 0) is 26.7 Å². The van der Waals surface area contributed by atoms with Crippen LogP contribution in [-0.4, -0.2) is 23.3 Å². The molecule has 0 bridgehead atoms. The Morgan fingerprint density at radius 1 is 1.30 bits per heavy atom. The molecule has 0 saturated carbocycles. The monoisotopic (exact) mass is 160 g/mol. The Balaban J connectivity index is 2.53. The van der Waals surface area contributed by atoms with Crippen molar-refractivity contribution < 1.29 is 4.57 Å². The summed E-state index contributed by atoms with van der Waals surface area (Å²) < 4.78 is 10.7. The third-order valence-corrected chi connectivity index (χ3v) is 2.96. The van der Waals surface area contributed by atoms with Gasteiger partial charge < -0.3 is 0 Å². The summed E-state index contributed by atoms with van der Waals surface area (Å²) in [5.41, 5.74) is 0. The molecule has 1 fully saturated rings. The molecular weight excluding hydrogens is 145 g/mol. The molecule has 1 aliphatic rings. The Morgan fingerprint density at radius 2 is 1.80 bits per heavy atom. The minimum Gasteiger partial charge on any atom is -0.258 e. The van der Waals surface area contributed by atoms with Crippen LogP contribution in [0.5, 0.6) is 0 Å². The Morgan fingerprint density at radius 3 is 2.20 bits per heavy atom. The van der Waals surface area contributed by atoms with Crippen LogP contribution < -0.4 is 0 Å². The summed E-state index contributed by atoms with van der Waals surface area (Å²) in [4.78, 5) is 2.30. The van der Waals surface area contributed by atoms with Crippen LogP contribution in [-0.2, 0) is 4.57 Å². The summed E-state index contributed by atoms with van der Waals surface area (Å²) in [5.74, 6) is 0. The van der Waals surface area contributed by atoms with E-state index < -0.39 is 0 Å². The highest BCUT2D eigenvalue weighted by molar-refractivity contribution is 7.25. The predicted octanol–water partition coefficient (Wildman–Crippen LogP) is 1.84. The van der Waals surface area contributed by atoms with E-state index in [1.165, 1.54) is 12.8 Å². The fourth-order valence-corrected chi connectivity index (χ4v) is 1.69. The summed E-state index contributed by atoms with van der Waals surface area (Å²) in [6, 6.07) is 0. The van der Waals surface area contributed by atoms with Gasteiger partial charge in [0.2, 0.25) is 5.28 Å². The molecule has 1 heterocycles. The van der Waals surface area contributed by atoms with Gasteiger partial charge in [-0.1, -0.05) is 4.57 Å². The molecule has 0 aromatic heterocycles. The molecule has 0 aromatic carbocycles. The molecule has 10 heavy (non-hydrogen) atoms. The molecule has 0 radical (unpaired) electrons. The molecule has 0 aliphatic carbocycles. The van der Waals surface area contributed by atoms with Gasteiger partial charge in [-0.3, -0.25) is 4.90 Å². The predicted molar refractivity (Wildman–Crippen MR) is 43.9 cm³/mol. The van der Waals surface area contributed by atoms with Crippen molar-refractivity contribution in [1.82, 2.24) is 4.90 Å². The number of hydrogen-bond acceptors (Lipinski definition) is 2. The maximum Gasteiger partial charge on any atom is 0.346 e. The zero-order chi connectivity index (χ0) is 7.61. The molecule has 58 valence electrons. The molecule has 3 heteroatoms. The van der Waals surface area contributed by atoms with Crippen LogP contribution in [0.2, 0.25) is 0 Å². The van der Waals surface area contributed by atoms with Gasteiger partial charge in [-0.2, -0.15) is 0 Å². The van der Waals surface area contributed by atoms with Crippen molar-refractivity contribution in [3.8, 4) is 0 Å². The summed E-state index contributed by atoms with van der Waals surface area (Å²) in [5, 5.41) is -0.0729. The van der Waals surface area contributed by atoms with E-state index in [0.29, 0.717) is 0 Å². The molecule has 0 amide bonds. The van der Waals surface area contributed by atoms with Gasteiger partial charge in [-0.25, -0.2) is 0 Å². The lowest BCUT2D eigenvalue weighted by molar-refractivity contribution is 0.237. The Kier molecular flexibility index (Phi) is 2.43. The fourth-order valence-electron chi connectivity index (χ4n) is 1.34. The summed E-state index contributed by atoms with van der Waals surface area (Å²) in [6.45, 7) is 6.35. The van der Waals surface area contributed by atoms with Crippen LogP contribution >= 0.6 is 8.46 Å². The van der Waals surface area contributed by atoms with Crippen molar-refractivity contribution in [2.24, 2.45) is 0 Å². The van der Waals surface area contributed by atoms with E-state index in [2.05, 4.69) is 4.90 Å². The number of rotatable bonds is 2. The quantitative estimate of drug-likeness (QED) is 0.574. The third-order valence-electron chi connectivity index (χ3n) is 2.15. The van der Waals surface area contributed by atoms with Crippen molar-refractivity contribution in [3.05, 3.63) is 0 Å². The van der Waals surface area contributed by atoms with E-state index in [-0.39, 0.29) is 13.7 Å². The maximum absolute atomic E-state index is 10.7. The largest absolute Gasteiger partial charge is 0.346 e. The van der Waals surface area contributed by atoms with Crippen LogP contribution in [0.4, 0.5) is 0 Å². The molecule has 1 saturated heterocycles. The van der Waals surface area contributed by atoms with Crippen molar-refractivity contribution in [2.45, 2.75) is 32.0 Å². The highest BCUT2D eigenvalue weighted by atomic mass is 31.1. The van der Waals surface area contributed by atoms with Crippen LogP contribution in [0.25, 0.3) is 0 Å². The SMILES string of the molecule is CC(C)([PH+]=O)N1CCCC1. The Labute approximate surface area is 63.8 Å². The van der Waals surface area contributed by atoms with E-state index in [1.807, 2.05) is 13.8 Å². The first kappa shape index (κ1) is 8.16. The van der Waals surface area contributed by atoms with E-state index in [1.54, 1.807) is 0 Å². The van der Waals surface area contributed by atoms with Crippen LogP contribution in [0, 0.1) is 0 Å². The summed E-state index contributed by atoms with van der Waals surface area (Å²) in [7, 11) is -0.206. The lowest BCUT2D eigenvalue weighted by Crippen LogP contribution is -2.36. The first-order valence-corrected chi connectivity index (χ1v) is 4.72. The molecule has 2 nitrogen and oxygen atoms in total. The van der Waals surface area contributed by atoms with Crippen molar-refractivity contribution in [2.75, 3.05) is 13.1 Å². The normalized spacial score (nSPS) is 22.2. The van der Waals surface area contributed by atoms with Crippen molar-refractivity contribution in [1.29, 1.82) is 0 Å². The zero-order valence-corrected chi connectivity index (χ0v) is 7.68. The lowest BCUT2D eigenvalue weighted by Gasteiger charge is -2.22. The molecule has 1 atom stereocenters. The zero-order valence-electron chi connectivity index (χ0n) is 6.68. The van der Waals surface area contributed by atoms with Gasteiger partial charge in [0.1, 0.15) is 0 Å². The van der Waals surface area contributed by atoms with E-state index in [0.717, 1.165) is 13.1 Å². The van der Waals surface area contributed by atoms with Crippen LogP contribution in [0.3, 0.4) is 0 Å². The first-order chi connectivity index (χ1) is 4.67. The topological polar surface area (TPSA) is 20.3 Å². The Bertz CT molecular complexity index is 130. The van der Waals surface area contributed by atoms with Crippen LogP contribution in [0.15, 0.2) is 0 Å². The number of likely N-dealkylation sites (tertiary alicyclic amines) is 1. The fraction of sp³-hybridized carbons (Fsp3) is 1.00. The van der Waals surface area contributed by atoms with Gasteiger partial charge in [0.25, 0.3) is 0 Å². The van der Waals surface area contributed by atoms with E-state index in [9.17, 15) is 4.57 Å². The van der Waals surface area contributed by atoms with Crippen molar-refractivity contribution in [3.63, 3.8) is 0 Å². The number of nitrogens with zero attached hydrogens (tertiary/aromatic N) is 1. The van der Waals surface area contributed by atoms with Crippen LogP contribution in [0.1, 0.15) is 26.7 Å². The van der Waals surface area contributed by atoms with Gasteiger partial charge in [0, 0.05) is 13.1 Å². The van der Waals surface area contributed by atoms with E-state index >= 15 is 0 Å². The van der Waals surface area contributed by atoms with Gasteiger partial charge in [0.15, 0.2) is 0 Å². The molecule has 0 N–H and O–H groups in total. The summed E-state index contributed by atoms with van der Waals surface area (Å²) in [6.07, 6.45) is 2.54. The molecule has 0 spiro atoms. The molecule has 1 unspecified atom stereocenters. The second kappa shape index (κ2) is 2.98. The van der Waals surface area contributed by atoms with Gasteiger partial charge >= 0.3 is 8.46 Å². The minimum atomic E-state index is -0.206. The first-order valence-electron chi connectivity index (χ1n) is 3.81. The maximum atomic E-state index is 10.7. The lowest BCUT2D eigenvalue weighted by atomic mass is 10.3.